The molecule has 0 atom stereocenters. The summed E-state index contributed by atoms with van der Waals surface area (Å²) in [6.45, 7) is 1.36. The maximum Gasteiger partial charge on any atom is 0.281 e. The third-order valence-corrected chi connectivity index (χ3v) is 4.31. The zero-order valence-electron chi connectivity index (χ0n) is 13.2. The Balaban J connectivity index is 1.81. The van der Waals surface area contributed by atoms with Gasteiger partial charge in [0.15, 0.2) is 5.78 Å². The van der Waals surface area contributed by atoms with Crippen LogP contribution in [0.4, 0.5) is 5.69 Å². The average Bonchev–Trinajstić information content (AvgIpc) is 3.02. The van der Waals surface area contributed by atoms with E-state index >= 15 is 0 Å². The van der Waals surface area contributed by atoms with Crippen LogP contribution in [0.25, 0.3) is 0 Å². The predicted octanol–water partition coefficient (Wildman–Crippen LogP) is 3.92. The van der Waals surface area contributed by atoms with Gasteiger partial charge in [-0.15, -0.1) is 10.2 Å². The van der Waals surface area contributed by atoms with Crippen molar-refractivity contribution in [1.29, 1.82) is 0 Å². The van der Waals surface area contributed by atoms with E-state index < -0.39 is 4.92 Å². The molecule has 2 aromatic carbocycles. The third kappa shape index (κ3) is 4.10. The molecule has 0 N–H and O–H groups in total. The summed E-state index contributed by atoms with van der Waals surface area (Å²) >= 11 is 1.11. The molecule has 0 spiro atoms. The Morgan fingerprint density at radius 2 is 1.96 bits per heavy atom. The van der Waals surface area contributed by atoms with Gasteiger partial charge < -0.3 is 4.42 Å². The van der Waals surface area contributed by atoms with Gasteiger partial charge >= 0.3 is 0 Å². The second kappa shape index (κ2) is 7.27. The van der Waals surface area contributed by atoms with Crippen molar-refractivity contribution in [3.63, 3.8) is 0 Å². The summed E-state index contributed by atoms with van der Waals surface area (Å²) < 4.78 is 5.60. The molecule has 0 amide bonds. The third-order valence-electron chi connectivity index (χ3n) is 3.40. The minimum absolute atomic E-state index is 0.134. The number of carbonyl (C=O) groups excluding carboxylic acids is 1. The lowest BCUT2D eigenvalue weighted by molar-refractivity contribution is -0.384. The van der Waals surface area contributed by atoms with Gasteiger partial charge in [-0.3, -0.25) is 14.9 Å². The maximum atomic E-state index is 11.8. The molecule has 0 aliphatic heterocycles. The fourth-order valence-electron chi connectivity index (χ4n) is 2.21. The van der Waals surface area contributed by atoms with Crippen LogP contribution in [0.5, 0.6) is 0 Å². The van der Waals surface area contributed by atoms with E-state index in [2.05, 4.69) is 10.2 Å². The van der Waals surface area contributed by atoms with E-state index in [-0.39, 0.29) is 22.3 Å². The Labute approximate surface area is 147 Å². The van der Waals surface area contributed by atoms with Crippen molar-refractivity contribution in [3.05, 3.63) is 75.7 Å². The molecule has 25 heavy (non-hydrogen) atoms. The average molecular weight is 355 g/mol. The van der Waals surface area contributed by atoms with Crippen molar-refractivity contribution >= 4 is 23.2 Å². The number of non-ortho nitro benzene ring substituents is 1. The first kappa shape index (κ1) is 16.8. The Hall–Kier alpha value is -3.00. The molecule has 0 aliphatic carbocycles. The number of aromatic nitrogens is 2. The van der Waals surface area contributed by atoms with Crippen molar-refractivity contribution in [2.45, 2.75) is 23.5 Å². The second-order valence-electron chi connectivity index (χ2n) is 5.22. The van der Waals surface area contributed by atoms with Gasteiger partial charge in [-0.2, -0.15) is 0 Å². The summed E-state index contributed by atoms with van der Waals surface area (Å²) in [6, 6.07) is 13.8. The molecule has 0 unspecified atom stereocenters. The first-order chi connectivity index (χ1) is 12.0. The molecule has 3 aromatic rings. The lowest BCUT2D eigenvalue weighted by Crippen LogP contribution is -1.98. The number of benzene rings is 2. The van der Waals surface area contributed by atoms with E-state index in [1.807, 2.05) is 30.3 Å². The van der Waals surface area contributed by atoms with E-state index in [0.717, 1.165) is 17.3 Å². The minimum Gasteiger partial charge on any atom is -0.415 e. The summed E-state index contributed by atoms with van der Waals surface area (Å²) in [5.74, 6) is 0.190. The summed E-state index contributed by atoms with van der Waals surface area (Å²) in [4.78, 5) is 22.6. The summed E-state index contributed by atoms with van der Waals surface area (Å²) in [7, 11) is 0. The SMILES string of the molecule is CC(=O)c1cc([N+](=O)[O-])ccc1Sc1nnc(Cc2ccccc2)o1. The van der Waals surface area contributed by atoms with E-state index in [0.29, 0.717) is 17.2 Å². The molecule has 126 valence electrons. The van der Waals surface area contributed by atoms with E-state index in [1.165, 1.54) is 25.1 Å². The van der Waals surface area contributed by atoms with Crippen LogP contribution < -0.4 is 0 Å². The van der Waals surface area contributed by atoms with Crippen LogP contribution in [-0.4, -0.2) is 20.9 Å². The predicted molar refractivity (Wildman–Crippen MR) is 90.8 cm³/mol. The van der Waals surface area contributed by atoms with Crippen LogP contribution in [0.2, 0.25) is 0 Å². The Kier molecular flexibility index (Phi) is 4.90. The molecule has 8 heteroatoms. The second-order valence-corrected chi connectivity index (χ2v) is 6.21. The van der Waals surface area contributed by atoms with Gasteiger partial charge in [-0.05, 0) is 30.3 Å². The molecule has 3 rings (SSSR count). The molecule has 7 nitrogen and oxygen atoms in total. The molecular weight excluding hydrogens is 342 g/mol. The quantitative estimate of drug-likeness (QED) is 0.375. The molecule has 0 fully saturated rings. The normalized spacial score (nSPS) is 10.6. The Bertz CT molecular complexity index is 925. The summed E-state index contributed by atoms with van der Waals surface area (Å²) in [5, 5.41) is 19.1. The number of ketones is 1. The molecule has 1 heterocycles. The number of nitrogens with zero attached hydrogens (tertiary/aromatic N) is 3. The monoisotopic (exact) mass is 355 g/mol. The van der Waals surface area contributed by atoms with Crippen molar-refractivity contribution < 1.29 is 14.1 Å². The number of carbonyl (C=O) groups is 1. The smallest absolute Gasteiger partial charge is 0.281 e. The number of Topliss-reactive ketones (excluding diaryl/α,β-unsaturated/α-hetero) is 1. The van der Waals surface area contributed by atoms with Crippen LogP contribution in [0.15, 0.2) is 63.1 Å². The van der Waals surface area contributed by atoms with E-state index in [9.17, 15) is 14.9 Å². The van der Waals surface area contributed by atoms with Crippen molar-refractivity contribution in [2.75, 3.05) is 0 Å². The summed E-state index contributed by atoms with van der Waals surface area (Å²) in [6.07, 6.45) is 0.508. The van der Waals surface area contributed by atoms with Crippen LogP contribution in [0.3, 0.4) is 0 Å². The standard InChI is InChI=1S/C17H13N3O4S/c1-11(21)14-10-13(20(22)23)7-8-15(14)25-17-19-18-16(24-17)9-12-5-3-2-4-6-12/h2-8,10H,9H2,1H3. The highest BCUT2D eigenvalue weighted by atomic mass is 32.2. The van der Waals surface area contributed by atoms with Gasteiger partial charge in [0.05, 0.1) is 11.3 Å². The Morgan fingerprint density at radius 1 is 1.20 bits per heavy atom. The lowest BCUT2D eigenvalue weighted by atomic mass is 10.1. The van der Waals surface area contributed by atoms with Gasteiger partial charge in [0.1, 0.15) is 0 Å². The lowest BCUT2D eigenvalue weighted by Gasteiger charge is -2.03. The molecule has 0 radical (unpaired) electrons. The van der Waals surface area contributed by atoms with E-state index in [1.54, 1.807) is 0 Å². The molecule has 0 saturated heterocycles. The van der Waals surface area contributed by atoms with Crippen molar-refractivity contribution in [3.8, 4) is 0 Å². The summed E-state index contributed by atoms with van der Waals surface area (Å²) in [5.41, 5.74) is 1.16. The van der Waals surface area contributed by atoms with Gasteiger partial charge in [0.2, 0.25) is 5.89 Å². The Morgan fingerprint density at radius 3 is 2.64 bits per heavy atom. The highest BCUT2D eigenvalue weighted by molar-refractivity contribution is 7.99. The molecule has 1 aromatic heterocycles. The van der Waals surface area contributed by atoms with Crippen LogP contribution in [0.1, 0.15) is 28.7 Å². The van der Waals surface area contributed by atoms with Crippen LogP contribution in [0, 0.1) is 10.1 Å². The molecule has 0 saturated carbocycles. The zero-order chi connectivity index (χ0) is 17.8. The molecule has 0 aliphatic rings. The first-order valence-electron chi connectivity index (χ1n) is 7.36. The maximum absolute atomic E-state index is 11.8. The fourth-order valence-corrected chi connectivity index (χ4v) is 3.07. The topological polar surface area (TPSA) is 99.1 Å². The number of nitro benzene ring substituents is 1. The number of hydrogen-bond acceptors (Lipinski definition) is 7. The zero-order valence-corrected chi connectivity index (χ0v) is 14.0. The van der Waals surface area contributed by atoms with E-state index in [4.69, 9.17) is 4.42 Å². The largest absolute Gasteiger partial charge is 0.415 e. The number of rotatable bonds is 6. The minimum atomic E-state index is -0.536. The van der Waals surface area contributed by atoms with Gasteiger partial charge in [-0.1, -0.05) is 30.3 Å². The van der Waals surface area contributed by atoms with Crippen molar-refractivity contribution in [2.24, 2.45) is 0 Å². The van der Waals surface area contributed by atoms with Gasteiger partial charge in [0.25, 0.3) is 10.9 Å². The van der Waals surface area contributed by atoms with Crippen molar-refractivity contribution in [1.82, 2.24) is 10.2 Å². The highest BCUT2D eigenvalue weighted by Gasteiger charge is 2.17. The van der Waals surface area contributed by atoms with Gasteiger partial charge in [-0.25, -0.2) is 0 Å². The first-order valence-corrected chi connectivity index (χ1v) is 8.18. The number of nitro groups is 1. The molecular formula is C17H13N3O4S. The van der Waals surface area contributed by atoms with Crippen LogP contribution in [-0.2, 0) is 6.42 Å². The number of hydrogen-bond donors (Lipinski definition) is 0. The fraction of sp³-hybridized carbons (Fsp3) is 0.118. The van der Waals surface area contributed by atoms with Crippen LogP contribution >= 0.6 is 11.8 Å². The molecule has 0 bridgehead atoms. The highest BCUT2D eigenvalue weighted by Crippen LogP contribution is 2.32. The van der Waals surface area contributed by atoms with Gasteiger partial charge in [0, 0.05) is 22.6 Å².